The molecule has 1 saturated heterocycles. The van der Waals surface area contributed by atoms with Gasteiger partial charge in [0.15, 0.2) is 0 Å². The highest BCUT2D eigenvalue weighted by Gasteiger charge is 2.19. The minimum atomic E-state index is 0.417. The van der Waals surface area contributed by atoms with Crippen LogP contribution < -0.4 is 9.64 Å². The SMILES string of the molecule is COc1cc(Br)cc(N2CCC(OC)CC2)c1. The number of hydrogen-bond acceptors (Lipinski definition) is 3. The molecule has 0 N–H and O–H groups in total. The number of piperidine rings is 1. The third-order valence-corrected chi connectivity index (χ3v) is 3.69. The highest BCUT2D eigenvalue weighted by Crippen LogP contribution is 2.29. The molecule has 0 aromatic heterocycles. The molecule has 1 aromatic carbocycles. The summed E-state index contributed by atoms with van der Waals surface area (Å²) in [6.45, 7) is 2.08. The Morgan fingerprint density at radius 1 is 1.18 bits per heavy atom. The summed E-state index contributed by atoms with van der Waals surface area (Å²) in [6, 6.07) is 6.19. The van der Waals surface area contributed by atoms with E-state index in [1.807, 2.05) is 6.07 Å². The topological polar surface area (TPSA) is 21.7 Å². The first-order valence-electron chi connectivity index (χ1n) is 5.85. The standard InChI is InChI=1S/C13H18BrNO2/c1-16-12-3-5-15(6-4-12)11-7-10(14)8-13(9-11)17-2/h7-9,12H,3-6H2,1-2H3. The van der Waals surface area contributed by atoms with Gasteiger partial charge in [0.05, 0.1) is 13.2 Å². The lowest BCUT2D eigenvalue weighted by atomic mass is 10.1. The van der Waals surface area contributed by atoms with Gasteiger partial charge in [0, 0.05) is 36.4 Å². The molecule has 1 aliphatic rings. The molecule has 0 aliphatic carbocycles. The molecule has 0 spiro atoms. The molecule has 4 heteroatoms. The number of ether oxygens (including phenoxy) is 2. The van der Waals surface area contributed by atoms with E-state index in [2.05, 4.69) is 33.0 Å². The van der Waals surface area contributed by atoms with E-state index in [0.717, 1.165) is 36.2 Å². The van der Waals surface area contributed by atoms with E-state index in [9.17, 15) is 0 Å². The van der Waals surface area contributed by atoms with Crippen LogP contribution in [0, 0.1) is 0 Å². The van der Waals surface area contributed by atoms with Crippen LogP contribution in [0.25, 0.3) is 0 Å². The summed E-state index contributed by atoms with van der Waals surface area (Å²) in [5, 5.41) is 0. The van der Waals surface area contributed by atoms with Gasteiger partial charge >= 0.3 is 0 Å². The molecule has 0 unspecified atom stereocenters. The van der Waals surface area contributed by atoms with Crippen LogP contribution in [0.3, 0.4) is 0 Å². The number of benzene rings is 1. The second-order valence-corrected chi connectivity index (χ2v) is 5.19. The van der Waals surface area contributed by atoms with Crippen molar-refractivity contribution < 1.29 is 9.47 Å². The fraction of sp³-hybridized carbons (Fsp3) is 0.538. The van der Waals surface area contributed by atoms with E-state index >= 15 is 0 Å². The van der Waals surface area contributed by atoms with Crippen LogP contribution in [-0.2, 0) is 4.74 Å². The van der Waals surface area contributed by atoms with Crippen LogP contribution in [0.1, 0.15) is 12.8 Å². The Bertz CT molecular complexity index is 376. The van der Waals surface area contributed by atoms with Gasteiger partial charge in [0.25, 0.3) is 0 Å². The highest BCUT2D eigenvalue weighted by molar-refractivity contribution is 9.10. The monoisotopic (exact) mass is 299 g/mol. The van der Waals surface area contributed by atoms with Crippen molar-refractivity contribution in [3.8, 4) is 5.75 Å². The number of rotatable bonds is 3. The molecular formula is C13H18BrNO2. The third kappa shape index (κ3) is 3.13. The van der Waals surface area contributed by atoms with Gasteiger partial charge in [0.2, 0.25) is 0 Å². The Hall–Kier alpha value is -0.740. The number of halogens is 1. The quantitative estimate of drug-likeness (QED) is 0.856. The van der Waals surface area contributed by atoms with Crippen molar-refractivity contribution in [2.45, 2.75) is 18.9 Å². The Kier molecular flexibility index (Phi) is 4.29. The third-order valence-electron chi connectivity index (χ3n) is 3.23. The Morgan fingerprint density at radius 3 is 2.47 bits per heavy atom. The van der Waals surface area contributed by atoms with Gasteiger partial charge in [-0.1, -0.05) is 15.9 Å². The van der Waals surface area contributed by atoms with E-state index < -0.39 is 0 Å². The molecule has 1 aromatic rings. The molecule has 1 aliphatic heterocycles. The molecular weight excluding hydrogens is 282 g/mol. The second-order valence-electron chi connectivity index (χ2n) is 4.27. The first-order valence-corrected chi connectivity index (χ1v) is 6.64. The maximum Gasteiger partial charge on any atom is 0.122 e. The predicted molar refractivity (Wildman–Crippen MR) is 72.9 cm³/mol. The van der Waals surface area contributed by atoms with E-state index in [-0.39, 0.29) is 0 Å². The van der Waals surface area contributed by atoms with Crippen molar-refractivity contribution in [3.05, 3.63) is 22.7 Å². The zero-order valence-electron chi connectivity index (χ0n) is 10.3. The van der Waals surface area contributed by atoms with Crippen LogP contribution in [-0.4, -0.2) is 33.4 Å². The molecule has 0 radical (unpaired) electrons. The maximum absolute atomic E-state index is 5.38. The summed E-state index contributed by atoms with van der Waals surface area (Å²) in [7, 11) is 3.49. The fourth-order valence-corrected chi connectivity index (χ4v) is 2.66. The molecule has 17 heavy (non-hydrogen) atoms. The largest absolute Gasteiger partial charge is 0.497 e. The van der Waals surface area contributed by atoms with Crippen molar-refractivity contribution >= 4 is 21.6 Å². The number of hydrogen-bond donors (Lipinski definition) is 0. The summed E-state index contributed by atoms with van der Waals surface area (Å²) < 4.78 is 11.7. The zero-order chi connectivity index (χ0) is 12.3. The molecule has 94 valence electrons. The summed E-state index contributed by atoms with van der Waals surface area (Å²) in [5.74, 6) is 0.892. The Labute approximate surface area is 111 Å². The number of methoxy groups -OCH3 is 2. The molecule has 0 amide bonds. The maximum atomic E-state index is 5.38. The van der Waals surface area contributed by atoms with Crippen LogP contribution in [0.5, 0.6) is 5.75 Å². The van der Waals surface area contributed by atoms with Gasteiger partial charge in [-0.15, -0.1) is 0 Å². The lowest BCUT2D eigenvalue weighted by Gasteiger charge is -2.33. The van der Waals surface area contributed by atoms with Gasteiger partial charge < -0.3 is 14.4 Å². The van der Waals surface area contributed by atoms with Gasteiger partial charge in [-0.2, -0.15) is 0 Å². The van der Waals surface area contributed by atoms with Crippen molar-refractivity contribution in [1.82, 2.24) is 0 Å². The second kappa shape index (κ2) is 5.74. The Balaban J connectivity index is 2.10. The lowest BCUT2D eigenvalue weighted by molar-refractivity contribution is 0.0819. The first-order chi connectivity index (χ1) is 8.22. The minimum absolute atomic E-state index is 0.417. The van der Waals surface area contributed by atoms with E-state index in [4.69, 9.17) is 9.47 Å². The molecule has 3 nitrogen and oxygen atoms in total. The molecule has 0 atom stereocenters. The average Bonchev–Trinajstić information content (AvgIpc) is 2.38. The van der Waals surface area contributed by atoms with E-state index in [0.29, 0.717) is 6.10 Å². The minimum Gasteiger partial charge on any atom is -0.497 e. The van der Waals surface area contributed by atoms with Crippen molar-refractivity contribution in [2.75, 3.05) is 32.2 Å². The van der Waals surface area contributed by atoms with Crippen LogP contribution in [0.4, 0.5) is 5.69 Å². The Morgan fingerprint density at radius 2 is 1.88 bits per heavy atom. The summed E-state index contributed by atoms with van der Waals surface area (Å²) in [5.41, 5.74) is 1.21. The van der Waals surface area contributed by atoms with Crippen LogP contribution in [0.15, 0.2) is 22.7 Å². The normalized spacial score (nSPS) is 17.2. The summed E-state index contributed by atoms with van der Waals surface area (Å²) >= 11 is 3.51. The molecule has 2 rings (SSSR count). The van der Waals surface area contributed by atoms with Gasteiger partial charge in [0.1, 0.15) is 5.75 Å². The van der Waals surface area contributed by atoms with Gasteiger partial charge in [-0.3, -0.25) is 0 Å². The zero-order valence-corrected chi connectivity index (χ0v) is 11.9. The van der Waals surface area contributed by atoms with Crippen molar-refractivity contribution in [3.63, 3.8) is 0 Å². The van der Waals surface area contributed by atoms with Crippen molar-refractivity contribution in [1.29, 1.82) is 0 Å². The van der Waals surface area contributed by atoms with E-state index in [1.54, 1.807) is 14.2 Å². The summed E-state index contributed by atoms with van der Waals surface area (Å²) in [4.78, 5) is 2.38. The summed E-state index contributed by atoms with van der Waals surface area (Å²) in [6.07, 6.45) is 2.59. The first kappa shape index (κ1) is 12.7. The highest BCUT2D eigenvalue weighted by atomic mass is 79.9. The lowest BCUT2D eigenvalue weighted by Crippen LogP contribution is -2.36. The van der Waals surface area contributed by atoms with Crippen LogP contribution >= 0.6 is 15.9 Å². The molecule has 0 bridgehead atoms. The van der Waals surface area contributed by atoms with Gasteiger partial charge in [-0.25, -0.2) is 0 Å². The van der Waals surface area contributed by atoms with Gasteiger partial charge in [-0.05, 0) is 25.0 Å². The predicted octanol–water partition coefficient (Wildman–Crippen LogP) is 3.07. The number of anilines is 1. The molecule has 1 heterocycles. The molecule has 1 fully saturated rings. The van der Waals surface area contributed by atoms with E-state index in [1.165, 1.54) is 5.69 Å². The smallest absolute Gasteiger partial charge is 0.122 e. The average molecular weight is 300 g/mol. The number of nitrogens with zero attached hydrogens (tertiary/aromatic N) is 1. The molecule has 0 saturated carbocycles. The fourth-order valence-electron chi connectivity index (χ4n) is 2.20. The van der Waals surface area contributed by atoms with Crippen LogP contribution in [0.2, 0.25) is 0 Å². The van der Waals surface area contributed by atoms with Crippen molar-refractivity contribution in [2.24, 2.45) is 0 Å².